The van der Waals surface area contributed by atoms with Gasteiger partial charge in [-0.05, 0) is 31.0 Å². The third kappa shape index (κ3) is 3.04. The Kier molecular flexibility index (Phi) is 3.52. The van der Waals surface area contributed by atoms with Crippen molar-refractivity contribution in [3.8, 4) is 0 Å². The summed E-state index contributed by atoms with van der Waals surface area (Å²) in [6.45, 7) is 3.24. The van der Waals surface area contributed by atoms with Gasteiger partial charge in [-0.2, -0.15) is 0 Å². The molecule has 0 saturated carbocycles. The molecule has 0 spiro atoms. The maximum Gasteiger partial charge on any atom is 0.335 e. The highest BCUT2D eigenvalue weighted by molar-refractivity contribution is 9.10. The molecule has 0 saturated heterocycles. The lowest BCUT2D eigenvalue weighted by Crippen LogP contribution is -2.37. The average Bonchev–Trinajstić information content (AvgIpc) is 2.09. The lowest BCUT2D eigenvalue weighted by atomic mass is 9.96. The van der Waals surface area contributed by atoms with E-state index in [4.69, 9.17) is 5.11 Å². The molecule has 1 aromatic carbocycles. The topological polar surface area (TPSA) is 57.5 Å². The quantitative estimate of drug-likeness (QED) is 0.887. The number of aliphatic hydroxyl groups is 1. The Balaban J connectivity index is 2.95. The summed E-state index contributed by atoms with van der Waals surface area (Å²) >= 11 is 3.34. The summed E-state index contributed by atoms with van der Waals surface area (Å²) in [6.07, 6.45) is 0.0865. The highest BCUT2D eigenvalue weighted by Crippen LogP contribution is 2.23. The van der Waals surface area contributed by atoms with Crippen molar-refractivity contribution in [2.45, 2.75) is 25.9 Å². The zero-order valence-corrected chi connectivity index (χ0v) is 10.2. The third-order valence-electron chi connectivity index (χ3n) is 2.20. The minimum absolute atomic E-state index is 0.0865. The van der Waals surface area contributed by atoms with Crippen molar-refractivity contribution >= 4 is 21.9 Å². The van der Waals surface area contributed by atoms with E-state index in [2.05, 4.69) is 15.9 Å². The number of halogens is 1. The van der Waals surface area contributed by atoms with E-state index < -0.39 is 11.6 Å². The first-order valence-corrected chi connectivity index (χ1v) is 5.33. The van der Waals surface area contributed by atoms with Crippen LogP contribution in [0.25, 0.3) is 0 Å². The first-order valence-electron chi connectivity index (χ1n) is 4.54. The van der Waals surface area contributed by atoms with Crippen LogP contribution in [0.3, 0.4) is 0 Å². The molecule has 0 aromatic heterocycles. The maximum atomic E-state index is 10.7. The van der Waals surface area contributed by atoms with Crippen molar-refractivity contribution in [3.63, 3.8) is 0 Å². The second-order valence-corrected chi connectivity index (χ2v) is 4.70. The molecule has 0 aliphatic carbocycles. The van der Waals surface area contributed by atoms with E-state index in [0.717, 1.165) is 15.6 Å². The van der Waals surface area contributed by atoms with Crippen molar-refractivity contribution < 1.29 is 15.0 Å². The summed E-state index contributed by atoms with van der Waals surface area (Å²) in [5.41, 5.74) is 0.145. The minimum atomic E-state index is -1.72. The molecule has 15 heavy (non-hydrogen) atoms. The van der Waals surface area contributed by atoms with Crippen LogP contribution in [-0.2, 0) is 11.2 Å². The van der Waals surface area contributed by atoms with Crippen LogP contribution < -0.4 is 0 Å². The second-order valence-electron chi connectivity index (χ2n) is 3.85. The van der Waals surface area contributed by atoms with E-state index in [1.165, 1.54) is 6.92 Å². The normalized spacial score (nSPS) is 14.7. The van der Waals surface area contributed by atoms with E-state index in [1.54, 1.807) is 0 Å². The van der Waals surface area contributed by atoms with Crippen LogP contribution in [0.4, 0.5) is 0 Å². The summed E-state index contributed by atoms with van der Waals surface area (Å²) < 4.78 is 0.823. The molecule has 0 heterocycles. The van der Waals surface area contributed by atoms with Gasteiger partial charge in [0.2, 0.25) is 0 Å². The van der Waals surface area contributed by atoms with Gasteiger partial charge in [-0.1, -0.05) is 28.1 Å². The highest BCUT2D eigenvalue weighted by atomic mass is 79.9. The predicted octanol–water partition coefficient (Wildman–Crippen LogP) is 2.14. The van der Waals surface area contributed by atoms with E-state index in [-0.39, 0.29) is 6.42 Å². The molecule has 82 valence electrons. The maximum absolute atomic E-state index is 10.7. The van der Waals surface area contributed by atoms with Gasteiger partial charge in [0.15, 0.2) is 5.60 Å². The Morgan fingerprint density at radius 3 is 2.60 bits per heavy atom. The van der Waals surface area contributed by atoms with Crippen LogP contribution in [0.2, 0.25) is 0 Å². The van der Waals surface area contributed by atoms with Crippen LogP contribution in [0.5, 0.6) is 0 Å². The summed E-state index contributed by atoms with van der Waals surface area (Å²) in [5.74, 6) is -1.21. The number of carboxylic acid groups (broad SMARTS) is 1. The lowest BCUT2D eigenvalue weighted by molar-refractivity contribution is -0.156. The Morgan fingerprint density at radius 2 is 2.13 bits per heavy atom. The number of aliphatic carboxylic acids is 1. The molecule has 1 unspecified atom stereocenters. The van der Waals surface area contributed by atoms with Crippen molar-refractivity contribution in [3.05, 3.63) is 33.8 Å². The molecular formula is C11H13BrO3. The van der Waals surface area contributed by atoms with Gasteiger partial charge in [0, 0.05) is 10.9 Å². The molecule has 1 atom stereocenters. The SMILES string of the molecule is Cc1ccc(CC(C)(O)C(=O)O)c(Br)c1. The summed E-state index contributed by atoms with van der Waals surface area (Å²) in [4.78, 5) is 10.7. The van der Waals surface area contributed by atoms with Crippen molar-refractivity contribution in [1.82, 2.24) is 0 Å². The van der Waals surface area contributed by atoms with Gasteiger partial charge in [-0.15, -0.1) is 0 Å². The van der Waals surface area contributed by atoms with E-state index in [9.17, 15) is 9.90 Å². The van der Waals surface area contributed by atoms with Gasteiger partial charge in [-0.25, -0.2) is 4.79 Å². The number of aryl methyl sites for hydroxylation is 1. The largest absolute Gasteiger partial charge is 0.479 e. The van der Waals surface area contributed by atoms with Crippen molar-refractivity contribution in [2.24, 2.45) is 0 Å². The number of rotatable bonds is 3. The fourth-order valence-corrected chi connectivity index (χ4v) is 1.88. The average molecular weight is 273 g/mol. The van der Waals surface area contributed by atoms with Crippen molar-refractivity contribution in [1.29, 1.82) is 0 Å². The predicted molar refractivity (Wildman–Crippen MR) is 60.8 cm³/mol. The number of hydrogen-bond donors (Lipinski definition) is 2. The first kappa shape index (κ1) is 12.2. The molecule has 1 aromatic rings. The fraction of sp³-hybridized carbons (Fsp3) is 0.364. The first-order chi connectivity index (χ1) is 6.83. The van der Waals surface area contributed by atoms with Gasteiger partial charge in [0.25, 0.3) is 0 Å². The molecule has 0 bridgehead atoms. The Hall–Kier alpha value is -0.870. The van der Waals surface area contributed by atoms with Crippen molar-refractivity contribution in [2.75, 3.05) is 0 Å². The van der Waals surface area contributed by atoms with E-state index >= 15 is 0 Å². The van der Waals surface area contributed by atoms with Crippen LogP contribution >= 0.6 is 15.9 Å². The number of carboxylic acids is 1. The number of benzene rings is 1. The molecule has 2 N–H and O–H groups in total. The Bertz CT molecular complexity index is 385. The van der Waals surface area contributed by atoms with Crippen LogP contribution in [0.1, 0.15) is 18.1 Å². The summed E-state index contributed by atoms with van der Waals surface area (Å²) in [6, 6.07) is 5.60. The molecule has 0 fully saturated rings. The molecule has 0 aliphatic rings. The van der Waals surface area contributed by atoms with E-state index in [0.29, 0.717) is 0 Å². The molecule has 4 heteroatoms. The summed E-state index contributed by atoms with van der Waals surface area (Å²) in [5, 5.41) is 18.4. The summed E-state index contributed by atoms with van der Waals surface area (Å²) in [7, 11) is 0. The van der Waals surface area contributed by atoms with Crippen LogP contribution in [-0.4, -0.2) is 21.8 Å². The molecule has 0 amide bonds. The molecule has 1 rings (SSSR count). The molecule has 3 nitrogen and oxygen atoms in total. The third-order valence-corrected chi connectivity index (χ3v) is 2.94. The van der Waals surface area contributed by atoms with Gasteiger partial charge >= 0.3 is 5.97 Å². The Morgan fingerprint density at radius 1 is 1.53 bits per heavy atom. The molecule has 0 aliphatic heterocycles. The zero-order valence-electron chi connectivity index (χ0n) is 8.62. The minimum Gasteiger partial charge on any atom is -0.479 e. The van der Waals surface area contributed by atoms with Gasteiger partial charge in [-0.3, -0.25) is 0 Å². The standard InChI is InChI=1S/C11H13BrO3/c1-7-3-4-8(9(12)5-7)6-11(2,15)10(13)14/h3-5,15H,6H2,1-2H3,(H,13,14). The zero-order chi connectivity index (χ0) is 11.6. The molecule has 0 radical (unpaired) electrons. The van der Waals surface area contributed by atoms with Crippen LogP contribution in [0, 0.1) is 6.92 Å². The number of carbonyl (C=O) groups is 1. The number of hydrogen-bond acceptors (Lipinski definition) is 2. The van der Waals surface area contributed by atoms with Gasteiger partial charge in [0.05, 0.1) is 0 Å². The van der Waals surface area contributed by atoms with Crippen LogP contribution in [0.15, 0.2) is 22.7 Å². The van der Waals surface area contributed by atoms with Gasteiger partial charge < -0.3 is 10.2 Å². The monoisotopic (exact) mass is 272 g/mol. The van der Waals surface area contributed by atoms with Gasteiger partial charge in [0.1, 0.15) is 0 Å². The fourth-order valence-electron chi connectivity index (χ4n) is 1.24. The lowest BCUT2D eigenvalue weighted by Gasteiger charge is -2.18. The smallest absolute Gasteiger partial charge is 0.335 e. The second kappa shape index (κ2) is 4.33. The van der Waals surface area contributed by atoms with E-state index in [1.807, 2.05) is 25.1 Å². The molecular weight excluding hydrogens is 260 g/mol. The highest BCUT2D eigenvalue weighted by Gasteiger charge is 2.30. The Labute approximate surface area is 96.9 Å².